The van der Waals surface area contributed by atoms with Gasteiger partial charge in [-0.15, -0.1) is 0 Å². The summed E-state index contributed by atoms with van der Waals surface area (Å²) >= 11 is 0. The predicted octanol–water partition coefficient (Wildman–Crippen LogP) is 7.41. The molecular weight excluding hydrogens is 464 g/mol. The smallest absolute Gasteiger partial charge is 0.119 e. The zero-order valence-corrected chi connectivity index (χ0v) is 21.8. The summed E-state index contributed by atoms with van der Waals surface area (Å²) in [6.45, 7) is 9.15. The molecule has 0 spiro atoms. The first-order valence-corrected chi connectivity index (χ1v) is 12.6. The molecular formula is C32H34O5. The number of hydrogen-bond donors (Lipinski definition) is 2. The number of phenols is 2. The first-order chi connectivity index (χ1) is 17.9. The summed E-state index contributed by atoms with van der Waals surface area (Å²) in [5, 5.41) is 19.9. The topological polar surface area (TPSA) is 68.2 Å². The van der Waals surface area contributed by atoms with E-state index >= 15 is 0 Å². The van der Waals surface area contributed by atoms with Gasteiger partial charge in [0.25, 0.3) is 0 Å². The molecule has 0 aromatic heterocycles. The first-order valence-electron chi connectivity index (χ1n) is 12.6. The van der Waals surface area contributed by atoms with Gasteiger partial charge in [0.05, 0.1) is 13.2 Å². The van der Waals surface area contributed by atoms with Crippen LogP contribution in [0.5, 0.6) is 23.0 Å². The molecule has 192 valence electrons. The van der Waals surface area contributed by atoms with Gasteiger partial charge in [-0.25, -0.2) is 0 Å². The fourth-order valence-corrected chi connectivity index (χ4v) is 4.41. The third-order valence-electron chi connectivity index (χ3n) is 6.35. The van der Waals surface area contributed by atoms with E-state index in [0.29, 0.717) is 13.2 Å². The van der Waals surface area contributed by atoms with E-state index in [1.54, 1.807) is 24.3 Å². The molecule has 0 aliphatic rings. The van der Waals surface area contributed by atoms with E-state index in [-0.39, 0.29) is 11.5 Å². The van der Waals surface area contributed by atoms with Crippen molar-refractivity contribution in [2.24, 2.45) is 0 Å². The van der Waals surface area contributed by atoms with Crippen LogP contribution in [0.4, 0.5) is 0 Å². The minimum atomic E-state index is -0.463. The highest BCUT2D eigenvalue weighted by molar-refractivity contribution is 5.45. The molecule has 5 nitrogen and oxygen atoms in total. The zero-order valence-electron chi connectivity index (χ0n) is 21.8. The number of benzene rings is 4. The minimum absolute atomic E-state index is 0.192. The van der Waals surface area contributed by atoms with E-state index in [0.717, 1.165) is 44.9 Å². The molecule has 2 unspecified atom stereocenters. The number of rotatable bonds is 10. The summed E-state index contributed by atoms with van der Waals surface area (Å²) < 4.78 is 18.7. The second-order valence-corrected chi connectivity index (χ2v) is 8.98. The molecule has 0 aliphatic heterocycles. The first kappa shape index (κ1) is 26.1. The van der Waals surface area contributed by atoms with E-state index in [2.05, 4.69) is 13.8 Å². The van der Waals surface area contributed by atoms with Gasteiger partial charge in [0.2, 0.25) is 0 Å². The number of ether oxygens (including phenoxy) is 3. The molecule has 0 saturated heterocycles. The Morgan fingerprint density at radius 1 is 0.568 bits per heavy atom. The summed E-state index contributed by atoms with van der Waals surface area (Å²) in [6, 6.07) is 26.2. The van der Waals surface area contributed by atoms with Crippen LogP contribution >= 0.6 is 0 Å². The molecule has 4 rings (SSSR count). The number of aromatic hydroxyl groups is 2. The van der Waals surface area contributed by atoms with Crippen LogP contribution in [0.1, 0.15) is 59.4 Å². The summed E-state index contributed by atoms with van der Waals surface area (Å²) in [5.74, 6) is 1.92. The van der Waals surface area contributed by atoms with Crippen molar-refractivity contribution in [3.05, 3.63) is 118 Å². The molecule has 4 aromatic carbocycles. The van der Waals surface area contributed by atoms with Crippen LogP contribution in [-0.4, -0.2) is 23.4 Å². The number of phenolic OH excluding ortho intramolecular Hbond substituents is 2. The maximum Gasteiger partial charge on any atom is 0.119 e. The maximum atomic E-state index is 9.96. The second-order valence-electron chi connectivity index (χ2n) is 8.98. The van der Waals surface area contributed by atoms with Gasteiger partial charge >= 0.3 is 0 Å². The van der Waals surface area contributed by atoms with E-state index in [1.807, 2.05) is 74.5 Å². The van der Waals surface area contributed by atoms with Crippen LogP contribution in [0.25, 0.3) is 0 Å². The lowest BCUT2D eigenvalue weighted by Gasteiger charge is -2.29. The molecule has 0 saturated carbocycles. The quantitative estimate of drug-likeness (QED) is 0.238. The van der Waals surface area contributed by atoms with Gasteiger partial charge in [0.1, 0.15) is 35.2 Å². The van der Waals surface area contributed by atoms with Gasteiger partial charge < -0.3 is 24.4 Å². The van der Waals surface area contributed by atoms with Crippen LogP contribution in [0, 0.1) is 13.8 Å². The van der Waals surface area contributed by atoms with Crippen molar-refractivity contribution < 1.29 is 24.4 Å². The number of aryl methyl sites for hydroxylation is 2. The van der Waals surface area contributed by atoms with Crippen LogP contribution in [0.3, 0.4) is 0 Å². The highest BCUT2D eigenvalue weighted by atomic mass is 16.5. The Hall–Kier alpha value is -3.96. The standard InChI is InChI=1S/C32H34O5/c1-5-35-27-17-7-21(3)29(19-27)31(23-9-13-25(33)14-10-23)37-32(24-11-15-26(34)16-12-24)30-20-28(36-6-2)18-8-22(30)4/h7-20,31-34H,5-6H2,1-4H3. The molecule has 0 fully saturated rings. The summed E-state index contributed by atoms with van der Waals surface area (Å²) in [5.41, 5.74) is 5.86. The third-order valence-corrected chi connectivity index (χ3v) is 6.35. The number of hydrogen-bond acceptors (Lipinski definition) is 5. The van der Waals surface area contributed by atoms with Crippen LogP contribution in [0.15, 0.2) is 84.9 Å². The van der Waals surface area contributed by atoms with Gasteiger partial charge in [0, 0.05) is 0 Å². The molecule has 37 heavy (non-hydrogen) atoms. The van der Waals surface area contributed by atoms with E-state index < -0.39 is 12.2 Å². The highest BCUT2D eigenvalue weighted by Crippen LogP contribution is 2.40. The summed E-state index contributed by atoms with van der Waals surface area (Å²) in [7, 11) is 0. The molecule has 0 heterocycles. The molecule has 0 aliphatic carbocycles. The van der Waals surface area contributed by atoms with Crippen molar-refractivity contribution in [1.29, 1.82) is 0 Å². The maximum absolute atomic E-state index is 9.96. The zero-order chi connectivity index (χ0) is 26.4. The summed E-state index contributed by atoms with van der Waals surface area (Å²) in [6.07, 6.45) is -0.926. The second kappa shape index (κ2) is 11.8. The van der Waals surface area contributed by atoms with Crippen LogP contribution in [0.2, 0.25) is 0 Å². The van der Waals surface area contributed by atoms with Crippen LogP contribution in [-0.2, 0) is 4.74 Å². The van der Waals surface area contributed by atoms with E-state index in [4.69, 9.17) is 14.2 Å². The molecule has 0 bridgehead atoms. The van der Waals surface area contributed by atoms with Crippen LogP contribution < -0.4 is 9.47 Å². The molecule has 0 amide bonds. The van der Waals surface area contributed by atoms with Gasteiger partial charge in [-0.2, -0.15) is 0 Å². The van der Waals surface area contributed by atoms with Crippen molar-refractivity contribution in [2.75, 3.05) is 13.2 Å². The molecule has 2 N–H and O–H groups in total. The fraction of sp³-hybridized carbons (Fsp3) is 0.250. The Morgan fingerprint density at radius 3 is 1.30 bits per heavy atom. The molecule has 0 radical (unpaired) electrons. The van der Waals surface area contributed by atoms with Gasteiger partial charge in [-0.1, -0.05) is 36.4 Å². The monoisotopic (exact) mass is 498 g/mol. The predicted molar refractivity (Wildman–Crippen MR) is 146 cm³/mol. The van der Waals surface area contributed by atoms with Gasteiger partial charge in [-0.3, -0.25) is 0 Å². The average molecular weight is 499 g/mol. The van der Waals surface area contributed by atoms with Crippen molar-refractivity contribution in [1.82, 2.24) is 0 Å². The van der Waals surface area contributed by atoms with E-state index in [1.165, 1.54) is 0 Å². The molecule has 4 aromatic rings. The van der Waals surface area contributed by atoms with Crippen molar-refractivity contribution in [3.63, 3.8) is 0 Å². The molecule has 2 atom stereocenters. The normalized spacial score (nSPS) is 12.6. The lowest BCUT2D eigenvalue weighted by molar-refractivity contribution is 0.0299. The largest absolute Gasteiger partial charge is 0.508 e. The Balaban J connectivity index is 1.88. The van der Waals surface area contributed by atoms with Crippen molar-refractivity contribution in [2.45, 2.75) is 39.9 Å². The highest BCUT2D eigenvalue weighted by Gasteiger charge is 2.26. The Bertz CT molecular complexity index is 1210. The van der Waals surface area contributed by atoms with Crippen molar-refractivity contribution in [3.8, 4) is 23.0 Å². The van der Waals surface area contributed by atoms with Gasteiger partial charge in [-0.05, 0) is 110 Å². The van der Waals surface area contributed by atoms with Gasteiger partial charge in [0.15, 0.2) is 0 Å². The summed E-state index contributed by atoms with van der Waals surface area (Å²) in [4.78, 5) is 0. The third kappa shape index (κ3) is 6.25. The van der Waals surface area contributed by atoms with Crippen molar-refractivity contribution >= 4 is 0 Å². The Labute approximate surface area is 218 Å². The minimum Gasteiger partial charge on any atom is -0.508 e. The average Bonchev–Trinajstić information content (AvgIpc) is 2.89. The Kier molecular flexibility index (Phi) is 8.36. The fourth-order valence-electron chi connectivity index (χ4n) is 4.41. The SMILES string of the molecule is CCOc1ccc(C)c(C(OC(c2ccc(O)cc2)c2cc(OCC)ccc2C)c2ccc(O)cc2)c1. The lowest BCUT2D eigenvalue weighted by atomic mass is 9.93. The molecule has 5 heteroatoms. The Morgan fingerprint density at radius 2 is 0.946 bits per heavy atom. The lowest BCUT2D eigenvalue weighted by Crippen LogP contribution is -2.15. The van der Waals surface area contributed by atoms with E-state index in [9.17, 15) is 10.2 Å².